The minimum atomic E-state index is -1.71. The van der Waals surface area contributed by atoms with E-state index >= 15 is 0 Å². The van der Waals surface area contributed by atoms with Crippen molar-refractivity contribution >= 4 is 12.6 Å². The summed E-state index contributed by atoms with van der Waals surface area (Å²) in [7, 11) is -1.71. The van der Waals surface area contributed by atoms with Gasteiger partial charge in [0.2, 0.25) is 0 Å². The van der Waals surface area contributed by atoms with Crippen LogP contribution in [0.25, 0.3) is 0 Å². The van der Waals surface area contributed by atoms with Gasteiger partial charge in [-0.25, -0.2) is 4.39 Å². The molecule has 2 nitrogen and oxygen atoms in total. The highest BCUT2D eigenvalue weighted by Gasteiger charge is 2.26. The smallest absolute Gasteiger partial charge is 0.423 e. The molecule has 0 aliphatic heterocycles. The maximum atomic E-state index is 13.7. The molecule has 1 aromatic carbocycles. The van der Waals surface area contributed by atoms with Crippen LogP contribution in [-0.4, -0.2) is 17.2 Å². The molecule has 0 atom stereocenters. The Hall–Kier alpha value is -0.865. The van der Waals surface area contributed by atoms with Gasteiger partial charge in [0.1, 0.15) is 5.82 Å². The Balaban J connectivity index is 2.35. The molecule has 1 fully saturated rings. The molecule has 0 aromatic heterocycles. The van der Waals surface area contributed by atoms with Crippen LogP contribution in [0.1, 0.15) is 30.7 Å². The monoisotopic (exact) mass is 194 g/mol. The van der Waals surface area contributed by atoms with Gasteiger partial charge in [-0.15, -0.1) is 0 Å². The Kier molecular flexibility index (Phi) is 2.57. The Morgan fingerprint density at radius 2 is 2.00 bits per heavy atom. The van der Waals surface area contributed by atoms with Crippen LogP contribution in [0, 0.1) is 5.82 Å². The zero-order valence-corrected chi connectivity index (χ0v) is 7.78. The molecule has 0 amide bonds. The van der Waals surface area contributed by atoms with Crippen molar-refractivity contribution in [2.75, 3.05) is 0 Å². The minimum absolute atomic E-state index is 0.0191. The summed E-state index contributed by atoms with van der Waals surface area (Å²) in [6, 6.07) is 4.80. The summed E-state index contributed by atoms with van der Waals surface area (Å²) in [5.74, 6) is -0.180. The van der Waals surface area contributed by atoms with Crippen molar-refractivity contribution in [1.29, 1.82) is 0 Å². The molecule has 1 aliphatic rings. The highest BCUT2D eigenvalue weighted by Crippen LogP contribution is 2.36. The van der Waals surface area contributed by atoms with Crippen molar-refractivity contribution in [3.8, 4) is 0 Å². The van der Waals surface area contributed by atoms with E-state index < -0.39 is 12.9 Å². The van der Waals surface area contributed by atoms with E-state index in [4.69, 9.17) is 10.0 Å². The first-order chi connectivity index (χ1) is 6.70. The third-order valence-electron chi connectivity index (χ3n) is 2.88. The lowest BCUT2D eigenvalue weighted by atomic mass is 9.74. The van der Waals surface area contributed by atoms with Crippen molar-refractivity contribution in [2.24, 2.45) is 0 Å². The van der Waals surface area contributed by atoms with Gasteiger partial charge in [0.05, 0.1) is 0 Å². The molecule has 0 bridgehead atoms. The largest absolute Gasteiger partial charge is 0.491 e. The van der Waals surface area contributed by atoms with Gasteiger partial charge in [0.25, 0.3) is 0 Å². The van der Waals surface area contributed by atoms with Crippen LogP contribution in [0.2, 0.25) is 0 Å². The van der Waals surface area contributed by atoms with Crippen molar-refractivity contribution in [2.45, 2.75) is 25.2 Å². The molecule has 0 radical (unpaired) electrons. The fraction of sp³-hybridized carbons (Fsp3) is 0.400. The molecule has 0 saturated heterocycles. The van der Waals surface area contributed by atoms with Crippen LogP contribution in [0.4, 0.5) is 4.39 Å². The molecule has 0 heterocycles. The maximum absolute atomic E-state index is 13.7. The van der Waals surface area contributed by atoms with Gasteiger partial charge in [0, 0.05) is 5.46 Å². The predicted octanol–water partition coefficient (Wildman–Crippen LogP) is 0.773. The number of benzene rings is 1. The molecular formula is C10H12BFO2. The molecule has 1 aliphatic carbocycles. The van der Waals surface area contributed by atoms with Crippen LogP contribution in [-0.2, 0) is 0 Å². The first-order valence-electron chi connectivity index (χ1n) is 4.84. The summed E-state index contributed by atoms with van der Waals surface area (Å²) in [6.45, 7) is 0. The Labute approximate surface area is 82.5 Å². The van der Waals surface area contributed by atoms with Crippen LogP contribution >= 0.6 is 0 Å². The standard InChI is InChI=1S/C10H12BFO2/c12-10-8(7-3-1-4-7)5-2-6-9(10)11(13)14/h2,5-7,13-14H,1,3-4H2. The van der Waals surface area contributed by atoms with Gasteiger partial charge >= 0.3 is 7.12 Å². The van der Waals surface area contributed by atoms with Gasteiger partial charge in [-0.3, -0.25) is 0 Å². The molecular weight excluding hydrogens is 182 g/mol. The van der Waals surface area contributed by atoms with Gasteiger partial charge in [-0.1, -0.05) is 24.6 Å². The molecule has 14 heavy (non-hydrogen) atoms. The van der Waals surface area contributed by atoms with Gasteiger partial charge in [-0.2, -0.15) is 0 Å². The quantitative estimate of drug-likeness (QED) is 0.682. The Bertz CT molecular complexity index is 337. The van der Waals surface area contributed by atoms with E-state index in [0.717, 1.165) is 19.3 Å². The Morgan fingerprint density at radius 3 is 2.50 bits per heavy atom. The summed E-state index contributed by atoms with van der Waals surface area (Å²) in [5, 5.41) is 17.8. The zero-order valence-electron chi connectivity index (χ0n) is 7.78. The average molecular weight is 194 g/mol. The topological polar surface area (TPSA) is 40.5 Å². The van der Waals surface area contributed by atoms with E-state index in [1.807, 2.05) is 0 Å². The fourth-order valence-electron chi connectivity index (χ4n) is 1.80. The van der Waals surface area contributed by atoms with Crippen molar-refractivity contribution in [3.05, 3.63) is 29.6 Å². The van der Waals surface area contributed by atoms with Gasteiger partial charge in [-0.05, 0) is 24.3 Å². The second-order valence-electron chi connectivity index (χ2n) is 3.75. The lowest BCUT2D eigenvalue weighted by molar-refractivity contribution is 0.401. The normalized spacial score (nSPS) is 16.5. The number of hydrogen-bond donors (Lipinski definition) is 2. The lowest BCUT2D eigenvalue weighted by Crippen LogP contribution is -2.34. The number of rotatable bonds is 2. The van der Waals surface area contributed by atoms with Crippen LogP contribution in [0.3, 0.4) is 0 Å². The summed E-state index contributed by atoms with van der Waals surface area (Å²) in [5.41, 5.74) is 0.608. The molecule has 2 rings (SSSR count). The van der Waals surface area contributed by atoms with E-state index in [-0.39, 0.29) is 11.4 Å². The number of halogens is 1. The third kappa shape index (κ3) is 1.55. The maximum Gasteiger partial charge on any atom is 0.491 e. The molecule has 1 saturated carbocycles. The van der Waals surface area contributed by atoms with Gasteiger partial charge < -0.3 is 10.0 Å². The van der Waals surface area contributed by atoms with Crippen LogP contribution in [0.15, 0.2) is 18.2 Å². The van der Waals surface area contributed by atoms with Crippen LogP contribution in [0.5, 0.6) is 0 Å². The van der Waals surface area contributed by atoms with Crippen molar-refractivity contribution in [3.63, 3.8) is 0 Å². The summed E-state index contributed by atoms with van der Waals surface area (Å²) >= 11 is 0. The van der Waals surface area contributed by atoms with E-state index in [9.17, 15) is 4.39 Å². The zero-order chi connectivity index (χ0) is 10.1. The summed E-state index contributed by atoms with van der Waals surface area (Å²) in [6.07, 6.45) is 3.14. The summed E-state index contributed by atoms with van der Waals surface area (Å²) in [4.78, 5) is 0. The lowest BCUT2D eigenvalue weighted by Gasteiger charge is -2.26. The van der Waals surface area contributed by atoms with E-state index in [2.05, 4.69) is 0 Å². The molecule has 0 unspecified atom stereocenters. The van der Waals surface area contributed by atoms with E-state index in [1.165, 1.54) is 6.07 Å². The highest BCUT2D eigenvalue weighted by atomic mass is 19.1. The summed E-state index contributed by atoms with van der Waals surface area (Å²) < 4.78 is 13.7. The molecule has 74 valence electrons. The van der Waals surface area contributed by atoms with Crippen LogP contribution < -0.4 is 5.46 Å². The molecule has 4 heteroatoms. The van der Waals surface area contributed by atoms with Gasteiger partial charge in [0.15, 0.2) is 0 Å². The Morgan fingerprint density at radius 1 is 1.29 bits per heavy atom. The molecule has 1 aromatic rings. The SMILES string of the molecule is OB(O)c1cccc(C2CCC2)c1F. The third-order valence-corrected chi connectivity index (χ3v) is 2.88. The molecule has 2 N–H and O–H groups in total. The predicted molar refractivity (Wildman–Crippen MR) is 52.8 cm³/mol. The fourth-order valence-corrected chi connectivity index (χ4v) is 1.80. The van der Waals surface area contributed by atoms with Crippen molar-refractivity contribution in [1.82, 2.24) is 0 Å². The highest BCUT2D eigenvalue weighted by molar-refractivity contribution is 6.58. The minimum Gasteiger partial charge on any atom is -0.423 e. The van der Waals surface area contributed by atoms with E-state index in [1.54, 1.807) is 12.1 Å². The van der Waals surface area contributed by atoms with E-state index in [0.29, 0.717) is 5.56 Å². The average Bonchev–Trinajstić information content (AvgIpc) is 2.04. The number of hydrogen-bond acceptors (Lipinski definition) is 2. The molecule has 0 spiro atoms. The first kappa shape index (κ1) is 9.68. The second-order valence-corrected chi connectivity index (χ2v) is 3.75. The second kappa shape index (κ2) is 3.71. The first-order valence-corrected chi connectivity index (χ1v) is 4.84. The van der Waals surface area contributed by atoms with Crippen molar-refractivity contribution < 1.29 is 14.4 Å².